The Balaban J connectivity index is 2.25. The summed E-state index contributed by atoms with van der Waals surface area (Å²) in [5.41, 5.74) is 5.54. The van der Waals surface area contributed by atoms with E-state index in [9.17, 15) is 9.59 Å². The molecule has 5 nitrogen and oxygen atoms in total. The van der Waals surface area contributed by atoms with Crippen molar-refractivity contribution in [2.45, 2.75) is 25.8 Å². The zero-order valence-electron chi connectivity index (χ0n) is 8.45. The average molecular weight is 199 g/mol. The summed E-state index contributed by atoms with van der Waals surface area (Å²) in [6, 6.07) is -0.357. The lowest BCUT2D eigenvalue weighted by Crippen LogP contribution is -2.36. The van der Waals surface area contributed by atoms with E-state index in [0.29, 0.717) is 32.5 Å². The number of carbonyl (C=O) groups is 2. The predicted octanol–water partition coefficient (Wildman–Crippen LogP) is -0.928. The third-order valence-corrected chi connectivity index (χ3v) is 2.32. The van der Waals surface area contributed by atoms with E-state index in [4.69, 9.17) is 5.73 Å². The molecule has 0 saturated carbocycles. The molecule has 1 aliphatic rings. The van der Waals surface area contributed by atoms with Gasteiger partial charge >= 0.3 is 0 Å². The van der Waals surface area contributed by atoms with Gasteiger partial charge in [-0.2, -0.15) is 0 Å². The van der Waals surface area contributed by atoms with Gasteiger partial charge in [0.25, 0.3) is 0 Å². The van der Waals surface area contributed by atoms with Gasteiger partial charge < -0.3 is 16.0 Å². The highest BCUT2D eigenvalue weighted by molar-refractivity contribution is 5.84. The topological polar surface area (TPSA) is 75.4 Å². The van der Waals surface area contributed by atoms with Crippen molar-refractivity contribution in [3.63, 3.8) is 0 Å². The predicted molar refractivity (Wildman–Crippen MR) is 52.5 cm³/mol. The lowest BCUT2D eigenvalue weighted by atomic mass is 10.3. The lowest BCUT2D eigenvalue weighted by molar-refractivity contribution is -0.129. The number of hydrogen-bond donors (Lipinski definition) is 2. The van der Waals surface area contributed by atoms with Crippen molar-refractivity contribution in [1.29, 1.82) is 0 Å². The number of nitrogens with one attached hydrogen (secondary N) is 1. The molecule has 1 atom stereocenters. The lowest BCUT2D eigenvalue weighted by Gasteiger charge is -2.15. The third kappa shape index (κ3) is 2.70. The quantitative estimate of drug-likeness (QED) is 0.614. The van der Waals surface area contributed by atoms with E-state index in [2.05, 4.69) is 5.32 Å². The van der Waals surface area contributed by atoms with Gasteiger partial charge in [0.05, 0.1) is 6.04 Å². The minimum Gasteiger partial charge on any atom is -0.356 e. The highest BCUT2D eigenvalue weighted by atomic mass is 16.2. The van der Waals surface area contributed by atoms with Crippen molar-refractivity contribution in [2.75, 3.05) is 19.6 Å². The molecule has 1 aliphatic heterocycles. The van der Waals surface area contributed by atoms with Crippen molar-refractivity contribution in [1.82, 2.24) is 10.2 Å². The molecular formula is C9H17N3O2. The van der Waals surface area contributed by atoms with Gasteiger partial charge in [-0.05, 0) is 13.3 Å². The van der Waals surface area contributed by atoms with Crippen LogP contribution in [0.3, 0.4) is 0 Å². The van der Waals surface area contributed by atoms with Gasteiger partial charge in [-0.1, -0.05) is 0 Å². The Kier molecular flexibility index (Phi) is 3.88. The maximum absolute atomic E-state index is 11.3. The highest BCUT2D eigenvalue weighted by Gasteiger charge is 2.28. The molecule has 1 heterocycles. The molecule has 0 aromatic heterocycles. The molecule has 0 bridgehead atoms. The molecule has 0 aliphatic carbocycles. The van der Waals surface area contributed by atoms with Crippen LogP contribution >= 0.6 is 0 Å². The van der Waals surface area contributed by atoms with Crippen LogP contribution in [0.15, 0.2) is 0 Å². The standard InChI is InChI=1S/C9H17N3O2/c1-2-11-8(13)4-6-12-5-3-7(10)9(12)14/h7H,2-6,10H2,1H3,(H,11,13). The number of nitrogens with zero attached hydrogens (tertiary/aromatic N) is 1. The average Bonchev–Trinajstić information content (AvgIpc) is 2.46. The maximum Gasteiger partial charge on any atom is 0.239 e. The van der Waals surface area contributed by atoms with Crippen LogP contribution in [-0.2, 0) is 9.59 Å². The number of carbonyl (C=O) groups excluding carboxylic acids is 2. The van der Waals surface area contributed by atoms with E-state index in [1.165, 1.54) is 0 Å². The van der Waals surface area contributed by atoms with E-state index in [-0.39, 0.29) is 17.9 Å². The molecule has 3 N–H and O–H groups in total. The Morgan fingerprint density at radius 2 is 2.43 bits per heavy atom. The van der Waals surface area contributed by atoms with Crippen molar-refractivity contribution in [3.8, 4) is 0 Å². The first-order chi connectivity index (χ1) is 6.65. The minimum absolute atomic E-state index is 0.0132. The van der Waals surface area contributed by atoms with Crippen LogP contribution in [0.4, 0.5) is 0 Å². The third-order valence-electron chi connectivity index (χ3n) is 2.32. The number of rotatable bonds is 4. The van der Waals surface area contributed by atoms with Gasteiger partial charge in [0.2, 0.25) is 11.8 Å². The minimum atomic E-state index is -0.357. The van der Waals surface area contributed by atoms with Crippen LogP contribution in [0.5, 0.6) is 0 Å². The van der Waals surface area contributed by atoms with Gasteiger partial charge in [0, 0.05) is 26.1 Å². The summed E-state index contributed by atoms with van der Waals surface area (Å²) in [6.45, 7) is 3.67. The molecule has 0 aromatic carbocycles. The van der Waals surface area contributed by atoms with Crippen LogP contribution in [-0.4, -0.2) is 42.4 Å². The fourth-order valence-electron chi connectivity index (χ4n) is 1.51. The second-order valence-corrected chi connectivity index (χ2v) is 3.42. The second kappa shape index (κ2) is 4.95. The molecule has 14 heavy (non-hydrogen) atoms. The first-order valence-electron chi connectivity index (χ1n) is 4.96. The van der Waals surface area contributed by atoms with Gasteiger partial charge in [0.1, 0.15) is 0 Å². The zero-order chi connectivity index (χ0) is 10.6. The van der Waals surface area contributed by atoms with Crippen LogP contribution in [0, 0.1) is 0 Å². The largest absolute Gasteiger partial charge is 0.356 e. The molecule has 2 amide bonds. The van der Waals surface area contributed by atoms with Crippen LogP contribution < -0.4 is 11.1 Å². The van der Waals surface area contributed by atoms with E-state index < -0.39 is 0 Å². The Hall–Kier alpha value is -1.10. The van der Waals surface area contributed by atoms with E-state index in [1.807, 2.05) is 6.92 Å². The van der Waals surface area contributed by atoms with E-state index >= 15 is 0 Å². The van der Waals surface area contributed by atoms with Crippen molar-refractivity contribution < 1.29 is 9.59 Å². The zero-order valence-corrected chi connectivity index (χ0v) is 8.45. The van der Waals surface area contributed by atoms with Crippen molar-refractivity contribution in [3.05, 3.63) is 0 Å². The van der Waals surface area contributed by atoms with Crippen molar-refractivity contribution >= 4 is 11.8 Å². The Bertz CT molecular complexity index is 230. The second-order valence-electron chi connectivity index (χ2n) is 3.42. The van der Waals surface area contributed by atoms with Crippen LogP contribution in [0.1, 0.15) is 19.8 Å². The van der Waals surface area contributed by atoms with Crippen LogP contribution in [0.25, 0.3) is 0 Å². The van der Waals surface area contributed by atoms with Gasteiger partial charge in [-0.3, -0.25) is 9.59 Å². The molecule has 0 aromatic rings. The Labute approximate surface area is 83.6 Å². The molecule has 1 rings (SSSR count). The Morgan fingerprint density at radius 3 is 2.93 bits per heavy atom. The molecule has 1 fully saturated rings. The summed E-state index contributed by atoms with van der Waals surface area (Å²) in [6.07, 6.45) is 1.07. The van der Waals surface area contributed by atoms with E-state index in [1.54, 1.807) is 4.90 Å². The monoisotopic (exact) mass is 199 g/mol. The summed E-state index contributed by atoms with van der Waals surface area (Å²) in [4.78, 5) is 24.1. The number of hydrogen-bond acceptors (Lipinski definition) is 3. The van der Waals surface area contributed by atoms with Crippen molar-refractivity contribution in [2.24, 2.45) is 5.73 Å². The summed E-state index contributed by atoms with van der Waals surface area (Å²) >= 11 is 0. The molecule has 1 unspecified atom stereocenters. The molecule has 0 spiro atoms. The van der Waals surface area contributed by atoms with E-state index in [0.717, 1.165) is 0 Å². The van der Waals surface area contributed by atoms with Gasteiger partial charge in [0.15, 0.2) is 0 Å². The van der Waals surface area contributed by atoms with Gasteiger partial charge in [-0.15, -0.1) is 0 Å². The highest BCUT2D eigenvalue weighted by Crippen LogP contribution is 2.08. The molecule has 5 heteroatoms. The first kappa shape index (κ1) is 11.0. The SMILES string of the molecule is CCNC(=O)CCN1CCC(N)C1=O. The summed E-state index contributed by atoms with van der Waals surface area (Å²) in [5.74, 6) is -0.0462. The maximum atomic E-state index is 11.3. The molecule has 80 valence electrons. The Morgan fingerprint density at radius 1 is 1.71 bits per heavy atom. The summed E-state index contributed by atoms with van der Waals surface area (Å²) in [5, 5.41) is 2.69. The fraction of sp³-hybridized carbons (Fsp3) is 0.778. The first-order valence-corrected chi connectivity index (χ1v) is 4.96. The number of nitrogens with two attached hydrogens (primary N) is 1. The summed E-state index contributed by atoms with van der Waals surface area (Å²) < 4.78 is 0. The van der Waals surface area contributed by atoms with Gasteiger partial charge in [-0.25, -0.2) is 0 Å². The number of likely N-dealkylation sites (tertiary alicyclic amines) is 1. The molecule has 0 radical (unpaired) electrons. The fourth-order valence-corrected chi connectivity index (χ4v) is 1.51. The smallest absolute Gasteiger partial charge is 0.239 e. The summed E-state index contributed by atoms with van der Waals surface area (Å²) in [7, 11) is 0. The molecule has 1 saturated heterocycles. The van der Waals surface area contributed by atoms with Crippen LogP contribution in [0.2, 0.25) is 0 Å². The molecular weight excluding hydrogens is 182 g/mol. The normalized spacial score (nSPS) is 21.4. The number of amides is 2.